The van der Waals surface area contributed by atoms with E-state index in [9.17, 15) is 9.90 Å². The molecule has 2 unspecified atom stereocenters. The monoisotopic (exact) mass is 892 g/mol. The Balaban J connectivity index is 1.26. The second-order valence-corrected chi connectivity index (χ2v) is 17.0. The maximum absolute atomic E-state index is 17.7. The molecule has 7 rings (SSSR count). The van der Waals surface area contributed by atoms with E-state index in [0.29, 0.717) is 69.9 Å². The van der Waals surface area contributed by atoms with Crippen LogP contribution in [0.5, 0.6) is 17.5 Å². The summed E-state index contributed by atoms with van der Waals surface area (Å²) in [7, 11) is 5.43. The summed E-state index contributed by atoms with van der Waals surface area (Å²) in [4.78, 5) is 30.1. The summed E-state index contributed by atoms with van der Waals surface area (Å²) >= 11 is 2.33. The van der Waals surface area contributed by atoms with E-state index in [-0.39, 0.29) is 23.7 Å². The number of benzene rings is 3. The zero-order valence-electron chi connectivity index (χ0n) is 33.8. The summed E-state index contributed by atoms with van der Waals surface area (Å²) < 4.78 is 35.8. The van der Waals surface area contributed by atoms with Crippen LogP contribution in [0.4, 0.5) is 20.7 Å². The third-order valence-electron chi connectivity index (χ3n) is 12.1. The molecule has 2 saturated heterocycles. The minimum absolute atomic E-state index is 0.0728. The number of carbonyl (C=O) groups is 1. The van der Waals surface area contributed by atoms with Crippen molar-refractivity contribution in [2.75, 3.05) is 63.9 Å². The largest absolute Gasteiger partial charge is 0.497 e. The van der Waals surface area contributed by atoms with Crippen LogP contribution in [0.15, 0.2) is 54.6 Å². The number of ether oxygens (including phenoxy) is 3. The molecule has 13 heteroatoms. The summed E-state index contributed by atoms with van der Waals surface area (Å²) in [6.45, 7) is 10.1. The molecule has 1 aromatic heterocycles. The fraction of sp³-hybridized carbons (Fsp3) is 0.477. The topological polar surface area (TPSA) is 104 Å². The fourth-order valence-corrected chi connectivity index (χ4v) is 9.50. The number of aromatic nitrogens is 2. The van der Waals surface area contributed by atoms with E-state index in [0.717, 1.165) is 73.8 Å². The summed E-state index contributed by atoms with van der Waals surface area (Å²) in [6, 6.07) is 18.4. The van der Waals surface area contributed by atoms with E-state index < -0.39 is 6.09 Å². The number of aryl methyl sites for hydroxylation is 1. The molecule has 1 N–H and O–H groups in total. The number of nitrogens with zero attached hydrogens (tertiary/aromatic N) is 6. The van der Waals surface area contributed by atoms with Crippen LogP contribution in [-0.2, 0) is 25.9 Å². The first-order valence-corrected chi connectivity index (χ1v) is 21.0. The van der Waals surface area contributed by atoms with E-state index in [1.54, 1.807) is 14.2 Å². The van der Waals surface area contributed by atoms with Gasteiger partial charge in [0.1, 0.15) is 23.9 Å². The highest BCUT2D eigenvalue weighted by molar-refractivity contribution is 14.1. The number of piperazine rings is 1. The lowest BCUT2D eigenvalue weighted by Gasteiger charge is -2.41. The summed E-state index contributed by atoms with van der Waals surface area (Å²) in [5.41, 5.74) is 6.30. The van der Waals surface area contributed by atoms with Crippen molar-refractivity contribution in [2.24, 2.45) is 5.92 Å². The lowest BCUT2D eigenvalue weighted by atomic mass is 9.74. The molecule has 3 aliphatic rings. The first-order chi connectivity index (χ1) is 27.4. The van der Waals surface area contributed by atoms with Gasteiger partial charge in [0.15, 0.2) is 5.82 Å². The second kappa shape index (κ2) is 17.6. The molecule has 3 heterocycles. The van der Waals surface area contributed by atoms with Crippen molar-refractivity contribution in [2.45, 2.75) is 77.5 Å². The normalized spacial score (nSPS) is 21.0. The molecule has 1 amide bonds. The van der Waals surface area contributed by atoms with E-state index in [4.69, 9.17) is 24.2 Å². The van der Waals surface area contributed by atoms with Crippen molar-refractivity contribution in [1.82, 2.24) is 19.8 Å². The second-order valence-electron chi connectivity index (χ2n) is 15.9. The highest BCUT2D eigenvalue weighted by atomic mass is 127. The number of halogens is 2. The van der Waals surface area contributed by atoms with Gasteiger partial charge in [-0.05, 0) is 135 Å². The average Bonchev–Trinajstić information content (AvgIpc) is 3.62. The Kier molecular flexibility index (Phi) is 12.6. The van der Waals surface area contributed by atoms with Crippen molar-refractivity contribution >= 4 is 40.2 Å². The zero-order valence-corrected chi connectivity index (χ0v) is 36.0. The van der Waals surface area contributed by atoms with Crippen LogP contribution in [0.2, 0.25) is 0 Å². The van der Waals surface area contributed by atoms with Crippen molar-refractivity contribution in [3.8, 4) is 17.5 Å². The molecule has 3 aromatic carbocycles. The summed E-state index contributed by atoms with van der Waals surface area (Å²) in [6.07, 6.45) is 2.47. The number of amides is 1. The summed E-state index contributed by atoms with van der Waals surface area (Å²) in [5.74, 6) is 2.07. The highest BCUT2D eigenvalue weighted by Gasteiger charge is 2.38. The molecule has 4 atom stereocenters. The Morgan fingerprint density at radius 2 is 1.61 bits per heavy atom. The number of hydrogen-bond donors (Lipinski definition) is 1. The molecule has 304 valence electrons. The molecule has 0 saturated carbocycles. The third kappa shape index (κ3) is 8.89. The number of methoxy groups -OCH3 is 2. The standard InChI is InChI=1S/C44H54FIN6O5/c1-27-20-36-37(47-43(57-26-32-8-7-17-49(32)4)48-42(36)52-19-18-50(44(53)54)23-29(52)3)22-35(27)39-40(45)38(21-28(2)41(39)46)51(24-30-9-13-33(55-5)14-10-30)25-31-11-15-34(56-6)16-12-31/h9-16,21,27,29,32,35H,7-8,17-20,22-26H2,1-6H3,(H,53,54)/t27-,29?,32?,35-/m0/s1. The maximum Gasteiger partial charge on any atom is 0.407 e. The number of carboxylic acid groups (broad SMARTS) is 1. The third-order valence-corrected chi connectivity index (χ3v) is 13.5. The maximum atomic E-state index is 17.7. The van der Waals surface area contributed by atoms with Gasteiger partial charge in [0.05, 0.1) is 25.6 Å². The number of likely N-dealkylation sites (tertiary alicyclic amines) is 1. The molecule has 0 bridgehead atoms. The molecular weight excluding hydrogens is 838 g/mol. The van der Waals surface area contributed by atoms with Gasteiger partial charge in [0.25, 0.3) is 0 Å². The van der Waals surface area contributed by atoms with Gasteiger partial charge < -0.3 is 38.9 Å². The summed E-state index contributed by atoms with van der Waals surface area (Å²) in [5, 5.41) is 9.74. The smallest absolute Gasteiger partial charge is 0.407 e. The molecule has 1 aliphatic carbocycles. The Labute approximate surface area is 349 Å². The van der Waals surface area contributed by atoms with Gasteiger partial charge >= 0.3 is 12.1 Å². The Morgan fingerprint density at radius 1 is 0.965 bits per heavy atom. The van der Waals surface area contributed by atoms with Crippen LogP contribution < -0.4 is 24.0 Å². The molecule has 0 spiro atoms. The van der Waals surface area contributed by atoms with E-state index in [1.807, 2.05) is 61.5 Å². The molecule has 2 aliphatic heterocycles. The van der Waals surface area contributed by atoms with Crippen LogP contribution >= 0.6 is 22.6 Å². The van der Waals surface area contributed by atoms with Gasteiger partial charge in [-0.15, -0.1) is 0 Å². The van der Waals surface area contributed by atoms with Crippen molar-refractivity contribution in [1.29, 1.82) is 0 Å². The number of rotatable bonds is 12. The van der Waals surface area contributed by atoms with Gasteiger partial charge in [-0.1, -0.05) is 31.2 Å². The zero-order chi connectivity index (χ0) is 40.4. The molecule has 4 aromatic rings. The Bertz CT molecular complexity index is 2000. The van der Waals surface area contributed by atoms with Crippen molar-refractivity contribution in [3.05, 3.63) is 97.5 Å². The van der Waals surface area contributed by atoms with Crippen molar-refractivity contribution in [3.63, 3.8) is 0 Å². The molecule has 57 heavy (non-hydrogen) atoms. The van der Waals surface area contributed by atoms with Crippen LogP contribution in [0.1, 0.15) is 66.1 Å². The minimum atomic E-state index is -0.909. The van der Waals surface area contributed by atoms with E-state index >= 15 is 4.39 Å². The predicted molar refractivity (Wildman–Crippen MR) is 229 cm³/mol. The average molecular weight is 893 g/mol. The van der Waals surface area contributed by atoms with Crippen LogP contribution in [-0.4, -0.2) is 97.1 Å². The van der Waals surface area contributed by atoms with Gasteiger partial charge in [-0.25, -0.2) is 9.18 Å². The SMILES string of the molecule is COc1ccc(CN(Cc2ccc(OC)cc2)c2cc(C)c(I)c([C@H]3Cc4nc(OCC5CCCN5C)nc(N5CCN(C(=O)O)CC5C)c4C[C@@H]3C)c2F)cc1. The number of likely N-dealkylation sites (N-methyl/N-ethyl adjacent to an activating group) is 1. The van der Waals surface area contributed by atoms with Crippen molar-refractivity contribution < 1.29 is 28.5 Å². The van der Waals surface area contributed by atoms with Gasteiger partial charge in [-0.2, -0.15) is 9.97 Å². The first-order valence-electron chi connectivity index (χ1n) is 19.9. The molecule has 0 radical (unpaired) electrons. The first kappa shape index (κ1) is 40.8. The molecular formula is C44H54FIN6O5. The number of anilines is 2. The highest BCUT2D eigenvalue weighted by Crippen LogP contribution is 2.45. The Morgan fingerprint density at radius 3 is 2.18 bits per heavy atom. The van der Waals surface area contributed by atoms with E-state index in [1.165, 1.54) is 4.90 Å². The van der Waals surface area contributed by atoms with Gasteiger partial charge in [0, 0.05) is 59.5 Å². The number of fused-ring (bicyclic) bond motifs is 1. The molecule has 11 nitrogen and oxygen atoms in total. The quantitative estimate of drug-likeness (QED) is 0.141. The fourth-order valence-electron chi connectivity index (χ4n) is 8.71. The molecule has 2 fully saturated rings. The number of hydrogen-bond acceptors (Lipinski definition) is 9. The predicted octanol–water partition coefficient (Wildman–Crippen LogP) is 7.93. The van der Waals surface area contributed by atoms with Crippen LogP contribution in [0.3, 0.4) is 0 Å². The Hall–Kier alpha value is -4.37. The van der Waals surface area contributed by atoms with Gasteiger partial charge in [0.2, 0.25) is 0 Å². The van der Waals surface area contributed by atoms with Crippen LogP contribution in [0, 0.1) is 22.2 Å². The van der Waals surface area contributed by atoms with E-state index in [2.05, 4.69) is 58.2 Å². The lowest BCUT2D eigenvalue weighted by molar-refractivity contribution is 0.136. The minimum Gasteiger partial charge on any atom is -0.497 e. The van der Waals surface area contributed by atoms with Gasteiger partial charge in [-0.3, -0.25) is 0 Å². The van der Waals surface area contributed by atoms with Crippen LogP contribution in [0.25, 0.3) is 0 Å². The lowest BCUT2D eigenvalue weighted by Crippen LogP contribution is -2.54.